The number of carbonyl (C=O) groups excluding carboxylic acids is 1. The van der Waals surface area contributed by atoms with Crippen molar-refractivity contribution in [2.45, 2.75) is 70.3 Å². The van der Waals surface area contributed by atoms with Gasteiger partial charge in [-0.3, -0.25) is 4.79 Å². The molecule has 4 nitrogen and oxygen atoms in total. The Hall–Kier alpha value is -1.50. The number of nitrogens with zero attached hydrogens (tertiary/aromatic N) is 1. The fourth-order valence-electron chi connectivity index (χ4n) is 3.16. The minimum Gasteiger partial charge on any atom is -0.410 e. The summed E-state index contributed by atoms with van der Waals surface area (Å²) in [4.78, 5) is 13.8. The molecule has 1 aromatic rings. The van der Waals surface area contributed by atoms with Crippen molar-refractivity contribution in [2.24, 2.45) is 0 Å². The van der Waals surface area contributed by atoms with Crippen LogP contribution in [0, 0.1) is 5.82 Å². The van der Waals surface area contributed by atoms with E-state index in [1.54, 1.807) is 17.0 Å². The Morgan fingerprint density at radius 2 is 1.96 bits per heavy atom. The number of aliphatic hydroxyl groups is 1. The summed E-state index contributed by atoms with van der Waals surface area (Å²) in [5, 5.41) is 9.31. The van der Waals surface area contributed by atoms with Crippen molar-refractivity contribution in [1.29, 1.82) is 0 Å². The lowest BCUT2D eigenvalue weighted by molar-refractivity contribution is -0.128. The van der Waals surface area contributed by atoms with Crippen LogP contribution in [0.2, 0.25) is 18.1 Å². The van der Waals surface area contributed by atoms with E-state index in [-0.39, 0.29) is 35.5 Å². The van der Waals surface area contributed by atoms with Gasteiger partial charge in [0.15, 0.2) is 8.32 Å². The lowest BCUT2D eigenvalue weighted by atomic mass is 10.1. The van der Waals surface area contributed by atoms with E-state index in [0.29, 0.717) is 19.4 Å². The summed E-state index contributed by atoms with van der Waals surface area (Å²) in [6, 6.07) is 6.53. The number of hydrogen-bond acceptors (Lipinski definition) is 3. The van der Waals surface area contributed by atoms with Crippen molar-refractivity contribution >= 4 is 14.2 Å². The summed E-state index contributed by atoms with van der Waals surface area (Å²) in [5.41, 5.74) is 1.02. The smallest absolute Gasteiger partial charge is 0.223 e. The molecule has 1 fully saturated rings. The predicted molar refractivity (Wildman–Crippen MR) is 113 cm³/mol. The summed E-state index contributed by atoms with van der Waals surface area (Å²) in [6.45, 7) is 11.4. The zero-order chi connectivity index (χ0) is 20.9. The fraction of sp³-hybridized carbons (Fsp3) is 0.591. The van der Waals surface area contributed by atoms with Gasteiger partial charge < -0.3 is 14.4 Å². The number of benzene rings is 1. The Bertz CT molecular complexity index is 682. The molecule has 0 radical (unpaired) electrons. The second-order valence-electron chi connectivity index (χ2n) is 9.05. The van der Waals surface area contributed by atoms with Crippen LogP contribution in [0.25, 0.3) is 0 Å². The molecule has 0 aromatic heterocycles. The molecular weight excluding hydrogens is 373 g/mol. The highest BCUT2D eigenvalue weighted by molar-refractivity contribution is 6.74. The predicted octanol–water partition coefficient (Wildman–Crippen LogP) is 4.30. The molecule has 1 N–H and O–H groups in total. The molecule has 0 aliphatic carbocycles. The molecule has 2 rings (SSSR count). The zero-order valence-corrected chi connectivity index (χ0v) is 18.7. The molecule has 156 valence electrons. The molecule has 1 aliphatic rings. The van der Waals surface area contributed by atoms with E-state index >= 15 is 0 Å². The highest BCUT2D eigenvalue weighted by Gasteiger charge is 2.39. The van der Waals surface area contributed by atoms with Gasteiger partial charge in [0.2, 0.25) is 5.91 Å². The number of likely N-dealkylation sites (tertiary alicyclic amines) is 1. The number of rotatable bonds is 8. The zero-order valence-electron chi connectivity index (χ0n) is 17.7. The van der Waals surface area contributed by atoms with Crippen molar-refractivity contribution in [3.8, 4) is 0 Å². The summed E-state index contributed by atoms with van der Waals surface area (Å²) in [6.07, 6.45) is 5.89. The van der Waals surface area contributed by atoms with E-state index in [2.05, 4.69) is 39.9 Å². The summed E-state index contributed by atoms with van der Waals surface area (Å²) < 4.78 is 19.9. The number of halogens is 1. The third-order valence-corrected chi connectivity index (χ3v) is 10.4. The lowest BCUT2D eigenvalue weighted by Gasteiger charge is -2.39. The maximum atomic E-state index is 13.3. The number of hydrogen-bond donors (Lipinski definition) is 1. The molecule has 1 amide bonds. The van der Waals surface area contributed by atoms with Crippen molar-refractivity contribution in [2.75, 3.05) is 13.2 Å². The molecule has 0 spiro atoms. The normalized spacial score (nSPS) is 19.6. The largest absolute Gasteiger partial charge is 0.410 e. The van der Waals surface area contributed by atoms with Gasteiger partial charge >= 0.3 is 0 Å². The molecule has 1 heterocycles. The highest BCUT2D eigenvalue weighted by Crippen LogP contribution is 2.38. The van der Waals surface area contributed by atoms with Gasteiger partial charge in [0.1, 0.15) is 5.82 Å². The Labute approximate surface area is 169 Å². The second kappa shape index (κ2) is 9.33. The highest BCUT2D eigenvalue weighted by atomic mass is 28.4. The first-order valence-corrected chi connectivity index (χ1v) is 13.0. The first-order chi connectivity index (χ1) is 13.0. The molecule has 6 heteroatoms. The lowest BCUT2D eigenvalue weighted by Crippen LogP contribution is -2.44. The van der Waals surface area contributed by atoms with Gasteiger partial charge in [-0.15, -0.1) is 0 Å². The van der Waals surface area contributed by atoms with Crippen molar-refractivity contribution < 1.29 is 18.7 Å². The average Bonchev–Trinajstić information content (AvgIpc) is 2.94. The van der Waals surface area contributed by atoms with Gasteiger partial charge in [0, 0.05) is 19.4 Å². The first-order valence-electron chi connectivity index (χ1n) is 10.0. The molecular formula is C22H34FNO3Si. The van der Waals surface area contributed by atoms with Gasteiger partial charge in [-0.1, -0.05) is 45.1 Å². The Balaban J connectivity index is 2.19. The minimum absolute atomic E-state index is 0.00150. The number of β-amino-alcohol motifs (C(OH)–C–C–N with tert-alkyl or cyclic N) is 1. The monoisotopic (exact) mass is 407 g/mol. The van der Waals surface area contributed by atoms with Crippen LogP contribution in [0.5, 0.6) is 0 Å². The third kappa shape index (κ3) is 6.00. The SMILES string of the molecule is CC(C)(C)[Si](C)(C)O[C@H](/C=C/[C@H]1CCC(=O)N1CCO)Cc1ccc(F)cc1. The van der Waals surface area contributed by atoms with Gasteiger partial charge in [0.25, 0.3) is 0 Å². The van der Waals surface area contributed by atoms with E-state index in [1.165, 1.54) is 12.1 Å². The van der Waals surface area contributed by atoms with Crippen LogP contribution in [-0.2, 0) is 15.6 Å². The maximum Gasteiger partial charge on any atom is 0.223 e. The van der Waals surface area contributed by atoms with Crippen LogP contribution in [0.1, 0.15) is 39.2 Å². The van der Waals surface area contributed by atoms with E-state index < -0.39 is 8.32 Å². The van der Waals surface area contributed by atoms with Crippen LogP contribution < -0.4 is 0 Å². The summed E-state index contributed by atoms with van der Waals surface area (Å²) in [5.74, 6) is -0.158. The second-order valence-corrected chi connectivity index (χ2v) is 13.8. The van der Waals surface area contributed by atoms with Gasteiger partial charge in [-0.25, -0.2) is 4.39 Å². The van der Waals surface area contributed by atoms with Crippen molar-refractivity contribution in [3.05, 3.63) is 47.8 Å². The standard InChI is InChI=1S/C22H34FNO3Si/c1-22(2,3)28(4,5)27-20(16-17-6-8-18(23)9-7-17)12-10-19-11-13-21(26)24(19)14-15-25/h6-10,12,19-20,25H,11,13-16H2,1-5H3/b12-10+/t19-,20+/m0/s1. The van der Waals surface area contributed by atoms with Gasteiger partial charge in [0.05, 0.1) is 18.8 Å². The fourth-order valence-corrected chi connectivity index (χ4v) is 4.44. The van der Waals surface area contributed by atoms with E-state index in [1.807, 2.05) is 6.08 Å². The number of aliphatic hydroxyl groups excluding tert-OH is 1. The molecule has 28 heavy (non-hydrogen) atoms. The third-order valence-electron chi connectivity index (χ3n) is 5.87. The molecule has 2 atom stereocenters. The summed E-state index contributed by atoms with van der Waals surface area (Å²) in [7, 11) is -2.00. The molecule has 1 saturated heterocycles. The van der Waals surface area contributed by atoms with Crippen LogP contribution in [-0.4, -0.2) is 49.5 Å². The van der Waals surface area contributed by atoms with Crippen molar-refractivity contribution in [3.63, 3.8) is 0 Å². The molecule has 0 unspecified atom stereocenters. The summed E-state index contributed by atoms with van der Waals surface area (Å²) >= 11 is 0. The molecule has 0 saturated carbocycles. The van der Waals surface area contributed by atoms with Gasteiger partial charge in [-0.2, -0.15) is 0 Å². The maximum absolute atomic E-state index is 13.3. The first kappa shape index (κ1) is 22.8. The van der Waals surface area contributed by atoms with Crippen LogP contribution >= 0.6 is 0 Å². The Kier molecular flexibility index (Phi) is 7.59. The Morgan fingerprint density at radius 1 is 1.32 bits per heavy atom. The minimum atomic E-state index is -2.00. The molecule has 0 bridgehead atoms. The van der Waals surface area contributed by atoms with E-state index in [9.17, 15) is 14.3 Å². The van der Waals surface area contributed by atoms with Crippen LogP contribution in [0.15, 0.2) is 36.4 Å². The molecule has 1 aliphatic heterocycles. The quantitative estimate of drug-likeness (QED) is 0.516. The average molecular weight is 408 g/mol. The Morgan fingerprint density at radius 3 is 2.54 bits per heavy atom. The topological polar surface area (TPSA) is 49.8 Å². The van der Waals surface area contributed by atoms with Gasteiger partial charge in [-0.05, 0) is 42.2 Å². The van der Waals surface area contributed by atoms with E-state index in [0.717, 1.165) is 12.0 Å². The van der Waals surface area contributed by atoms with Crippen molar-refractivity contribution in [1.82, 2.24) is 4.90 Å². The van der Waals surface area contributed by atoms with Crippen LogP contribution in [0.4, 0.5) is 4.39 Å². The number of carbonyl (C=O) groups is 1. The molecule has 1 aromatic carbocycles. The van der Waals surface area contributed by atoms with Crippen LogP contribution in [0.3, 0.4) is 0 Å². The van der Waals surface area contributed by atoms with E-state index in [4.69, 9.17) is 4.43 Å². The number of amides is 1.